The molecule has 0 aliphatic heterocycles. The van der Waals surface area contributed by atoms with Gasteiger partial charge in [-0.1, -0.05) is 166 Å². The van der Waals surface area contributed by atoms with Gasteiger partial charge in [0.1, 0.15) is 17.3 Å². The summed E-state index contributed by atoms with van der Waals surface area (Å²) in [6, 6.07) is 56.1. The molecule has 0 unspecified atom stereocenters. The van der Waals surface area contributed by atoms with Crippen molar-refractivity contribution in [1.82, 2.24) is 14.1 Å². The Kier molecular flexibility index (Phi) is 10.3. The van der Waals surface area contributed by atoms with Gasteiger partial charge in [0.2, 0.25) is 0 Å². The predicted molar refractivity (Wildman–Crippen MR) is 259 cm³/mol. The molecule has 0 spiro atoms. The summed E-state index contributed by atoms with van der Waals surface area (Å²) in [6.07, 6.45) is 7.87. The van der Waals surface area contributed by atoms with Crippen LogP contribution in [0.25, 0.3) is 39.0 Å². The Labute approximate surface area is 373 Å². The molecule has 9 rings (SSSR count). The lowest BCUT2D eigenvalue weighted by Gasteiger charge is -2.27. The van der Waals surface area contributed by atoms with Gasteiger partial charge in [-0.3, -0.25) is 13.7 Å². The fraction of sp³-hybridized carbons (Fsp3) is 0.241. The molecule has 3 aromatic heterocycles. The van der Waals surface area contributed by atoms with E-state index in [9.17, 15) is 0 Å². The fourth-order valence-electron chi connectivity index (χ4n) is 9.04. The summed E-state index contributed by atoms with van der Waals surface area (Å²) in [5.41, 5.74) is 10.9. The maximum Gasteiger partial charge on any atom is 0.269 e. The zero-order valence-electron chi connectivity index (χ0n) is 38.4. The van der Waals surface area contributed by atoms with Crippen LogP contribution in [0.1, 0.15) is 103 Å². The highest BCUT2D eigenvalue weighted by Gasteiger charge is 2.28. The average molecular weight is 827 g/mol. The van der Waals surface area contributed by atoms with E-state index < -0.39 is 0 Å². The summed E-state index contributed by atoms with van der Waals surface area (Å²) >= 11 is 0. The van der Waals surface area contributed by atoms with Crippen LogP contribution < -0.4 is 9.30 Å². The van der Waals surface area contributed by atoms with Crippen LogP contribution in [0.2, 0.25) is 0 Å². The van der Waals surface area contributed by atoms with Crippen LogP contribution in [-0.2, 0) is 21.7 Å². The molecule has 0 aliphatic carbocycles. The first kappa shape index (κ1) is 41.6. The van der Waals surface area contributed by atoms with Crippen LogP contribution in [0, 0.1) is 6.33 Å². The van der Waals surface area contributed by atoms with Gasteiger partial charge in [-0.05, 0) is 93.2 Å². The lowest BCUT2D eigenvalue weighted by atomic mass is 9.78. The third-order valence-corrected chi connectivity index (χ3v) is 12.9. The minimum atomic E-state index is -0.221. The van der Waals surface area contributed by atoms with Crippen molar-refractivity contribution >= 4 is 21.8 Å². The number of fused-ring (bicyclic) bond motifs is 3. The van der Waals surface area contributed by atoms with Crippen molar-refractivity contribution in [3.8, 4) is 28.7 Å². The minimum Gasteiger partial charge on any atom is -0.458 e. The fourth-order valence-corrected chi connectivity index (χ4v) is 9.04. The van der Waals surface area contributed by atoms with Gasteiger partial charge in [0.15, 0.2) is 0 Å². The highest BCUT2D eigenvalue weighted by atomic mass is 16.5. The molecule has 3 heterocycles. The first-order valence-corrected chi connectivity index (χ1v) is 22.1. The van der Waals surface area contributed by atoms with Crippen molar-refractivity contribution in [2.45, 2.75) is 90.9 Å². The number of imidazole rings is 1. The van der Waals surface area contributed by atoms with Crippen molar-refractivity contribution in [2.24, 2.45) is 0 Å². The molecule has 5 nitrogen and oxygen atoms in total. The van der Waals surface area contributed by atoms with E-state index in [4.69, 9.17) is 9.72 Å². The number of para-hydroxylation sites is 1. The summed E-state index contributed by atoms with van der Waals surface area (Å²) < 4.78 is 13.5. The van der Waals surface area contributed by atoms with Gasteiger partial charge in [0, 0.05) is 40.1 Å². The molecule has 0 atom stereocenters. The number of pyridine rings is 1. The number of aromatic nitrogens is 4. The van der Waals surface area contributed by atoms with Gasteiger partial charge in [-0.15, -0.1) is 0 Å². The van der Waals surface area contributed by atoms with E-state index in [2.05, 4.69) is 247 Å². The number of nitrogens with zero attached hydrogens (tertiary/aromatic N) is 4. The average Bonchev–Trinajstić information content (AvgIpc) is 3.88. The predicted octanol–water partition coefficient (Wildman–Crippen LogP) is 14.1. The van der Waals surface area contributed by atoms with E-state index in [0.717, 1.165) is 45.4 Å². The van der Waals surface area contributed by atoms with Crippen molar-refractivity contribution in [1.29, 1.82) is 0 Å². The zero-order chi connectivity index (χ0) is 44.3. The van der Waals surface area contributed by atoms with Crippen molar-refractivity contribution < 1.29 is 9.30 Å². The molecule has 0 saturated heterocycles. The van der Waals surface area contributed by atoms with Crippen LogP contribution in [0.3, 0.4) is 0 Å². The Balaban J connectivity index is 1.13. The highest BCUT2D eigenvalue weighted by molar-refractivity contribution is 6.11. The molecule has 316 valence electrons. The Bertz CT molecular complexity index is 3100. The molecule has 0 N–H and O–H groups in total. The lowest BCUT2D eigenvalue weighted by molar-refractivity contribution is -0.611. The second kappa shape index (κ2) is 15.6. The quantitative estimate of drug-likeness (QED) is 0.107. The zero-order valence-corrected chi connectivity index (χ0v) is 38.4. The SMILES string of the molecule is CC(C)(C)c1cc(Oc2cccc(-n3[c-][n+](-c4cccc(C(C)(C)c5ccccc5)c4)c(C(C)(C)C)c3)c2)cc2c1c1ccccc1n2-c1cc(C(C)(C)c2ccccc2)ccn1. The van der Waals surface area contributed by atoms with Gasteiger partial charge < -0.3 is 4.74 Å². The Morgan fingerprint density at radius 1 is 0.524 bits per heavy atom. The van der Waals surface area contributed by atoms with Gasteiger partial charge in [-0.2, -0.15) is 0 Å². The normalized spacial score (nSPS) is 12.6. The van der Waals surface area contributed by atoms with Crippen molar-refractivity contribution in [3.63, 3.8) is 0 Å². The van der Waals surface area contributed by atoms with E-state index >= 15 is 0 Å². The summed E-state index contributed by atoms with van der Waals surface area (Å²) in [7, 11) is 0. The standard InChI is InChI=1S/C58H58N4O/c1-55(2,3)49-36-47(37-51-54(49)48-29-17-18-30-50(48)62(51)53-34-43(31-32-59-53)58(9,10)41-23-15-12-16-24-41)63-46-28-20-26-44(35-46)60-38-52(56(4,5)6)61(39-60)45-27-19-25-42(33-45)57(7,8)40-21-13-11-14-22-40/h11-38H,1-10H3. The molecule has 0 amide bonds. The molecule has 0 aliphatic rings. The smallest absolute Gasteiger partial charge is 0.269 e. The molecule has 0 saturated carbocycles. The maximum atomic E-state index is 6.92. The number of ether oxygens (including phenoxy) is 1. The number of hydrogen-bond acceptors (Lipinski definition) is 2. The number of hydrogen-bond donors (Lipinski definition) is 0. The third kappa shape index (κ3) is 7.75. The van der Waals surface area contributed by atoms with E-state index in [-0.39, 0.29) is 21.7 Å². The van der Waals surface area contributed by atoms with E-state index in [1.165, 1.54) is 38.6 Å². The van der Waals surface area contributed by atoms with Gasteiger partial charge in [-0.25, -0.2) is 4.98 Å². The lowest BCUT2D eigenvalue weighted by Crippen LogP contribution is -2.39. The summed E-state index contributed by atoms with van der Waals surface area (Å²) in [5, 5.41) is 2.41. The second-order valence-electron chi connectivity index (χ2n) is 20.1. The molecule has 0 fully saturated rings. The van der Waals surface area contributed by atoms with E-state index in [1.807, 2.05) is 12.3 Å². The summed E-state index contributed by atoms with van der Waals surface area (Å²) in [5.74, 6) is 2.40. The van der Waals surface area contributed by atoms with Crippen LogP contribution in [0.15, 0.2) is 170 Å². The Hall–Kier alpha value is -6.72. The van der Waals surface area contributed by atoms with Crippen LogP contribution in [0.5, 0.6) is 11.5 Å². The monoisotopic (exact) mass is 826 g/mol. The number of rotatable bonds is 9. The van der Waals surface area contributed by atoms with Gasteiger partial charge in [0.05, 0.1) is 28.1 Å². The molecule has 0 radical (unpaired) electrons. The van der Waals surface area contributed by atoms with Gasteiger partial charge in [0.25, 0.3) is 6.33 Å². The van der Waals surface area contributed by atoms with Crippen LogP contribution in [0.4, 0.5) is 0 Å². The summed E-state index contributed by atoms with van der Waals surface area (Å²) in [4.78, 5) is 5.03. The second-order valence-corrected chi connectivity index (χ2v) is 20.1. The largest absolute Gasteiger partial charge is 0.458 e. The molecule has 0 bridgehead atoms. The maximum absolute atomic E-state index is 6.92. The third-order valence-electron chi connectivity index (χ3n) is 12.9. The molecular formula is C58H58N4O. The molecule has 63 heavy (non-hydrogen) atoms. The highest BCUT2D eigenvalue weighted by Crippen LogP contribution is 2.43. The molecule has 6 aromatic carbocycles. The van der Waals surface area contributed by atoms with E-state index in [0.29, 0.717) is 0 Å². The van der Waals surface area contributed by atoms with E-state index in [1.54, 1.807) is 0 Å². The minimum absolute atomic E-state index is 0.149. The molecular weight excluding hydrogens is 769 g/mol. The summed E-state index contributed by atoms with van der Waals surface area (Å²) in [6.45, 7) is 22.8. The first-order valence-electron chi connectivity index (χ1n) is 22.1. The van der Waals surface area contributed by atoms with Crippen LogP contribution in [-0.4, -0.2) is 14.1 Å². The Morgan fingerprint density at radius 3 is 1.81 bits per heavy atom. The topological polar surface area (TPSA) is 35.9 Å². The van der Waals surface area contributed by atoms with Crippen molar-refractivity contribution in [2.75, 3.05) is 0 Å². The first-order chi connectivity index (χ1) is 30.0. The molecule has 9 aromatic rings. The van der Waals surface area contributed by atoms with Crippen LogP contribution >= 0.6 is 0 Å². The van der Waals surface area contributed by atoms with Gasteiger partial charge >= 0.3 is 0 Å². The Morgan fingerprint density at radius 2 is 1.14 bits per heavy atom. The molecule has 5 heteroatoms. The van der Waals surface area contributed by atoms with Crippen molar-refractivity contribution in [3.05, 3.63) is 210 Å². The number of benzene rings is 6.